The summed E-state index contributed by atoms with van der Waals surface area (Å²) in [6, 6.07) is 15.9. The molecule has 156 valence electrons. The second-order valence-corrected chi connectivity index (χ2v) is 7.98. The molecule has 1 N–H and O–H groups in total. The Morgan fingerprint density at radius 1 is 0.900 bits per heavy atom. The van der Waals surface area contributed by atoms with E-state index in [2.05, 4.69) is 4.72 Å². The van der Waals surface area contributed by atoms with Crippen molar-refractivity contribution >= 4 is 27.3 Å². The highest BCUT2D eigenvalue weighted by atomic mass is 32.2. The van der Waals surface area contributed by atoms with Gasteiger partial charge in [0.25, 0.3) is 15.9 Å². The van der Waals surface area contributed by atoms with Gasteiger partial charge in [0, 0.05) is 18.4 Å². The van der Waals surface area contributed by atoms with Crippen LogP contribution in [-0.2, 0) is 14.8 Å². The van der Waals surface area contributed by atoms with Crippen LogP contribution in [0.3, 0.4) is 0 Å². The average Bonchev–Trinajstić information content (AvgIpc) is 2.74. The van der Waals surface area contributed by atoms with Crippen molar-refractivity contribution < 1.29 is 26.7 Å². The van der Waals surface area contributed by atoms with Crippen molar-refractivity contribution in [3.05, 3.63) is 84.4 Å². The molecular formula is C21H18F2N2O4S. The molecule has 0 bridgehead atoms. The number of hydrogen-bond acceptors (Lipinski definition) is 4. The first-order valence-electron chi connectivity index (χ1n) is 8.78. The number of rotatable bonds is 7. The number of carbonyl (C=O) groups excluding carboxylic acids is 1. The van der Waals surface area contributed by atoms with Gasteiger partial charge in [-0.3, -0.25) is 9.52 Å². The second kappa shape index (κ2) is 8.91. The molecule has 6 nitrogen and oxygen atoms in total. The zero-order valence-electron chi connectivity index (χ0n) is 15.9. The average molecular weight is 432 g/mol. The number of benzene rings is 3. The van der Waals surface area contributed by atoms with Gasteiger partial charge in [0.1, 0.15) is 17.4 Å². The molecule has 30 heavy (non-hydrogen) atoms. The highest BCUT2D eigenvalue weighted by Gasteiger charge is 2.15. The zero-order valence-corrected chi connectivity index (χ0v) is 16.7. The molecule has 0 aliphatic heterocycles. The first-order valence-corrected chi connectivity index (χ1v) is 10.3. The molecule has 0 unspecified atom stereocenters. The Kier molecular flexibility index (Phi) is 6.31. The third-order valence-electron chi connectivity index (χ3n) is 4.18. The van der Waals surface area contributed by atoms with Gasteiger partial charge in [-0.25, -0.2) is 17.2 Å². The highest BCUT2D eigenvalue weighted by Crippen LogP contribution is 2.20. The molecule has 0 saturated carbocycles. The van der Waals surface area contributed by atoms with Gasteiger partial charge in [0.2, 0.25) is 0 Å². The number of amides is 1. The number of likely N-dealkylation sites (N-methyl/N-ethyl adjacent to an activating group) is 1. The molecule has 0 saturated heterocycles. The van der Waals surface area contributed by atoms with E-state index in [1.165, 1.54) is 72.6 Å². The fourth-order valence-electron chi connectivity index (χ4n) is 2.50. The van der Waals surface area contributed by atoms with Crippen LogP contribution in [0, 0.1) is 11.6 Å². The highest BCUT2D eigenvalue weighted by molar-refractivity contribution is 7.92. The van der Waals surface area contributed by atoms with Crippen molar-refractivity contribution in [3.8, 4) is 5.75 Å². The van der Waals surface area contributed by atoms with Crippen molar-refractivity contribution in [2.45, 2.75) is 4.90 Å². The Morgan fingerprint density at radius 3 is 2.00 bits per heavy atom. The summed E-state index contributed by atoms with van der Waals surface area (Å²) in [5, 5.41) is 0. The number of carbonyl (C=O) groups is 1. The molecule has 3 aromatic rings. The lowest BCUT2D eigenvalue weighted by Crippen LogP contribution is -2.31. The van der Waals surface area contributed by atoms with Gasteiger partial charge in [0.05, 0.1) is 4.90 Å². The van der Waals surface area contributed by atoms with Crippen LogP contribution in [-0.4, -0.2) is 28.0 Å². The fourth-order valence-corrected chi connectivity index (χ4v) is 3.56. The van der Waals surface area contributed by atoms with E-state index >= 15 is 0 Å². The normalized spacial score (nSPS) is 11.0. The SMILES string of the molecule is CN(C(=O)COc1ccc(S(=O)(=O)Nc2ccc(F)cc2)cc1)c1ccc(F)cc1. The number of halogens is 2. The van der Waals surface area contributed by atoms with Crippen LogP contribution in [0.2, 0.25) is 0 Å². The van der Waals surface area contributed by atoms with Crippen molar-refractivity contribution in [2.24, 2.45) is 0 Å². The minimum absolute atomic E-state index is 0.0195. The topological polar surface area (TPSA) is 75.7 Å². The number of hydrogen-bond donors (Lipinski definition) is 1. The van der Waals surface area contributed by atoms with Crippen LogP contribution in [0.25, 0.3) is 0 Å². The van der Waals surface area contributed by atoms with E-state index in [1.807, 2.05) is 0 Å². The third kappa shape index (κ3) is 5.32. The van der Waals surface area contributed by atoms with Crippen LogP contribution in [0.5, 0.6) is 5.75 Å². The molecule has 0 aliphatic rings. The number of nitrogens with zero attached hydrogens (tertiary/aromatic N) is 1. The summed E-state index contributed by atoms with van der Waals surface area (Å²) in [4.78, 5) is 13.5. The molecule has 1 amide bonds. The summed E-state index contributed by atoms with van der Waals surface area (Å²) in [5.74, 6) is -0.938. The first kappa shape index (κ1) is 21.3. The largest absolute Gasteiger partial charge is 0.484 e. The molecule has 0 fully saturated rings. The van der Waals surface area contributed by atoms with Crippen LogP contribution >= 0.6 is 0 Å². The summed E-state index contributed by atoms with van der Waals surface area (Å²) >= 11 is 0. The van der Waals surface area contributed by atoms with E-state index in [9.17, 15) is 22.0 Å². The maximum absolute atomic E-state index is 13.0. The molecule has 0 heterocycles. The Labute approximate surface area is 172 Å². The second-order valence-electron chi connectivity index (χ2n) is 6.30. The van der Waals surface area contributed by atoms with E-state index in [4.69, 9.17) is 4.74 Å². The van der Waals surface area contributed by atoms with Crippen LogP contribution in [0.1, 0.15) is 0 Å². The first-order chi connectivity index (χ1) is 14.2. The van der Waals surface area contributed by atoms with Crippen molar-refractivity contribution in [2.75, 3.05) is 23.3 Å². The van der Waals surface area contributed by atoms with E-state index in [0.717, 1.165) is 12.1 Å². The Balaban J connectivity index is 1.60. The molecule has 3 aromatic carbocycles. The molecule has 0 atom stereocenters. The van der Waals surface area contributed by atoms with E-state index in [1.54, 1.807) is 0 Å². The molecule has 0 aliphatic carbocycles. The van der Waals surface area contributed by atoms with Crippen LogP contribution < -0.4 is 14.4 Å². The lowest BCUT2D eigenvalue weighted by Gasteiger charge is -2.17. The lowest BCUT2D eigenvalue weighted by molar-refractivity contribution is -0.120. The Morgan fingerprint density at radius 2 is 1.43 bits per heavy atom. The summed E-state index contributed by atoms with van der Waals surface area (Å²) in [7, 11) is -2.32. The minimum Gasteiger partial charge on any atom is -0.484 e. The maximum Gasteiger partial charge on any atom is 0.264 e. The summed E-state index contributed by atoms with van der Waals surface area (Å²) in [5.41, 5.74) is 0.740. The predicted octanol–water partition coefficient (Wildman–Crippen LogP) is 3.81. The van der Waals surface area contributed by atoms with Crippen molar-refractivity contribution in [3.63, 3.8) is 0 Å². The number of nitrogens with one attached hydrogen (secondary N) is 1. The van der Waals surface area contributed by atoms with Crippen LogP contribution in [0.15, 0.2) is 77.7 Å². The number of anilines is 2. The quantitative estimate of drug-likeness (QED) is 0.616. The predicted molar refractivity (Wildman–Crippen MR) is 109 cm³/mol. The van der Waals surface area contributed by atoms with E-state index in [-0.39, 0.29) is 23.1 Å². The van der Waals surface area contributed by atoms with Gasteiger partial charge in [-0.05, 0) is 72.8 Å². The summed E-state index contributed by atoms with van der Waals surface area (Å²) in [6.45, 7) is -0.284. The lowest BCUT2D eigenvalue weighted by atomic mass is 10.3. The van der Waals surface area contributed by atoms with Gasteiger partial charge in [0.15, 0.2) is 6.61 Å². The molecule has 3 rings (SSSR count). The van der Waals surface area contributed by atoms with Gasteiger partial charge in [-0.1, -0.05) is 0 Å². The maximum atomic E-state index is 13.0. The number of ether oxygens (including phenoxy) is 1. The standard InChI is InChI=1S/C21H18F2N2O4S/c1-25(18-8-4-16(23)5-9-18)21(26)14-29-19-10-12-20(13-11-19)30(27,28)24-17-6-2-15(22)3-7-17/h2-13,24H,14H2,1H3. The smallest absolute Gasteiger partial charge is 0.264 e. The van der Waals surface area contributed by atoms with Gasteiger partial charge in [-0.2, -0.15) is 0 Å². The van der Waals surface area contributed by atoms with Crippen molar-refractivity contribution in [1.29, 1.82) is 0 Å². The van der Waals surface area contributed by atoms with E-state index < -0.39 is 21.7 Å². The molecule has 0 spiro atoms. The Bertz CT molecular complexity index is 1120. The van der Waals surface area contributed by atoms with Gasteiger partial charge in [-0.15, -0.1) is 0 Å². The monoisotopic (exact) mass is 432 g/mol. The van der Waals surface area contributed by atoms with Gasteiger partial charge < -0.3 is 9.64 Å². The zero-order chi connectivity index (χ0) is 21.7. The van der Waals surface area contributed by atoms with Crippen LogP contribution in [0.4, 0.5) is 20.2 Å². The van der Waals surface area contributed by atoms with E-state index in [0.29, 0.717) is 11.4 Å². The fraction of sp³-hybridized carbons (Fsp3) is 0.0952. The molecule has 0 radical (unpaired) electrons. The third-order valence-corrected chi connectivity index (χ3v) is 5.58. The number of sulfonamides is 1. The molecular weight excluding hydrogens is 414 g/mol. The minimum atomic E-state index is -3.86. The Hall–Kier alpha value is -3.46. The summed E-state index contributed by atoms with van der Waals surface area (Å²) in [6.07, 6.45) is 0. The van der Waals surface area contributed by atoms with Crippen molar-refractivity contribution in [1.82, 2.24) is 0 Å². The van der Waals surface area contributed by atoms with Gasteiger partial charge >= 0.3 is 0 Å². The molecule has 9 heteroatoms. The summed E-state index contributed by atoms with van der Waals surface area (Å²) < 4.78 is 58.5. The molecule has 0 aromatic heterocycles.